The highest BCUT2D eigenvalue weighted by Gasteiger charge is 2.23. The normalized spacial score (nSPS) is 12.5. The number of benzene rings is 1. The van der Waals surface area contributed by atoms with E-state index in [-0.39, 0.29) is 33.6 Å². The number of aryl methyl sites for hydroxylation is 1. The van der Waals surface area contributed by atoms with Crippen molar-refractivity contribution in [3.05, 3.63) is 85.0 Å². The molecule has 11 nitrogen and oxygen atoms in total. The van der Waals surface area contributed by atoms with E-state index >= 15 is 0 Å². The van der Waals surface area contributed by atoms with E-state index < -0.39 is 10.8 Å². The topological polar surface area (TPSA) is 149 Å². The average molecular weight is 467 g/mol. The first-order valence-electron chi connectivity index (χ1n) is 9.92. The van der Waals surface area contributed by atoms with Gasteiger partial charge < -0.3 is 9.73 Å². The minimum atomic E-state index is -0.695. The molecule has 166 valence electrons. The Bertz CT molecular complexity index is 1460. The number of carbonyl (C=O) groups excluding carboxylic acids is 1. The first-order chi connectivity index (χ1) is 15.9. The van der Waals surface area contributed by atoms with Crippen molar-refractivity contribution in [2.75, 3.05) is 5.32 Å². The third-order valence-corrected chi connectivity index (χ3v) is 5.59. The summed E-state index contributed by atoms with van der Waals surface area (Å²) in [6, 6.07) is 8.48. The van der Waals surface area contributed by atoms with Gasteiger partial charge in [-0.25, -0.2) is 4.98 Å². The molecule has 5 rings (SSSR count). The van der Waals surface area contributed by atoms with Crippen molar-refractivity contribution in [1.82, 2.24) is 19.7 Å². The second-order valence-electron chi connectivity index (χ2n) is 7.35. The Labute approximate surface area is 190 Å². The standard InChI is InChI=1S/C21H15ClN6O5/c22-14-7-6-11(28(31)32)9-13(14)20(30)24-18-10-16(17-5-2-8-33-17)26-27(18)21-23-15-4-1-3-12(15)19(29)25-21/h2,5-10H,1,3-4H2,(H,24,30)(H,23,25,29). The first-order valence-corrected chi connectivity index (χ1v) is 10.3. The van der Waals surface area contributed by atoms with Crippen LogP contribution in [-0.4, -0.2) is 30.6 Å². The zero-order valence-corrected chi connectivity index (χ0v) is 17.6. The predicted molar refractivity (Wildman–Crippen MR) is 118 cm³/mol. The van der Waals surface area contributed by atoms with E-state index in [0.29, 0.717) is 35.6 Å². The number of amides is 1. The second kappa shape index (κ2) is 8.02. The number of aromatic amines is 1. The molecule has 33 heavy (non-hydrogen) atoms. The SMILES string of the molecule is O=C(Nc1cc(-c2ccco2)nn1-c1nc2c(c(=O)[nH]1)CCC2)c1cc([N+](=O)[O-])ccc1Cl. The molecule has 0 atom stereocenters. The second-order valence-corrected chi connectivity index (χ2v) is 7.75. The lowest BCUT2D eigenvalue weighted by atomic mass is 10.2. The maximum Gasteiger partial charge on any atom is 0.270 e. The summed E-state index contributed by atoms with van der Waals surface area (Å²) in [4.78, 5) is 43.2. The lowest BCUT2D eigenvalue weighted by Gasteiger charge is -2.10. The Morgan fingerprint density at radius 3 is 2.88 bits per heavy atom. The number of rotatable bonds is 5. The highest BCUT2D eigenvalue weighted by molar-refractivity contribution is 6.34. The van der Waals surface area contributed by atoms with Gasteiger partial charge in [-0.15, -0.1) is 0 Å². The maximum atomic E-state index is 13.0. The van der Waals surface area contributed by atoms with Crippen LogP contribution in [0.3, 0.4) is 0 Å². The number of hydrogen-bond acceptors (Lipinski definition) is 7. The van der Waals surface area contributed by atoms with Crippen molar-refractivity contribution in [2.24, 2.45) is 0 Å². The predicted octanol–water partition coefficient (Wildman–Crippen LogP) is 3.52. The highest BCUT2D eigenvalue weighted by Crippen LogP contribution is 2.27. The van der Waals surface area contributed by atoms with Gasteiger partial charge in [0.2, 0.25) is 5.95 Å². The van der Waals surface area contributed by atoms with Crippen LogP contribution in [-0.2, 0) is 12.8 Å². The minimum Gasteiger partial charge on any atom is -0.463 e. The van der Waals surface area contributed by atoms with Gasteiger partial charge in [-0.3, -0.25) is 24.7 Å². The summed E-state index contributed by atoms with van der Waals surface area (Å²) in [5.41, 5.74) is 1.08. The summed E-state index contributed by atoms with van der Waals surface area (Å²) in [6.07, 6.45) is 3.64. The number of nitrogens with zero attached hydrogens (tertiary/aromatic N) is 4. The number of hydrogen-bond donors (Lipinski definition) is 2. The number of fused-ring (bicyclic) bond motifs is 1. The first kappa shape index (κ1) is 20.6. The summed E-state index contributed by atoms with van der Waals surface area (Å²) in [7, 11) is 0. The van der Waals surface area contributed by atoms with Gasteiger partial charge in [0.25, 0.3) is 17.2 Å². The number of nitrogens with one attached hydrogen (secondary N) is 2. The molecular weight excluding hydrogens is 452 g/mol. The maximum absolute atomic E-state index is 13.0. The molecular formula is C21H15ClN6O5. The van der Waals surface area contributed by atoms with Gasteiger partial charge >= 0.3 is 0 Å². The monoisotopic (exact) mass is 466 g/mol. The fourth-order valence-corrected chi connectivity index (χ4v) is 3.89. The van der Waals surface area contributed by atoms with Gasteiger partial charge in [-0.05, 0) is 37.5 Å². The summed E-state index contributed by atoms with van der Waals surface area (Å²) in [5, 5.41) is 18.2. The molecule has 0 saturated carbocycles. The zero-order valence-electron chi connectivity index (χ0n) is 16.9. The molecule has 0 radical (unpaired) electrons. The molecule has 0 aliphatic heterocycles. The van der Waals surface area contributed by atoms with Gasteiger partial charge in [0.1, 0.15) is 11.5 Å². The van der Waals surface area contributed by atoms with E-state index in [0.717, 1.165) is 12.5 Å². The van der Waals surface area contributed by atoms with Gasteiger partial charge in [0.15, 0.2) is 5.76 Å². The van der Waals surface area contributed by atoms with Crippen molar-refractivity contribution < 1.29 is 14.1 Å². The van der Waals surface area contributed by atoms with Crippen LogP contribution in [0.1, 0.15) is 28.0 Å². The third kappa shape index (κ3) is 3.78. The quantitative estimate of drug-likeness (QED) is 0.337. The number of halogens is 1. The Kier molecular flexibility index (Phi) is 5.02. The fraction of sp³-hybridized carbons (Fsp3) is 0.143. The molecule has 2 N–H and O–H groups in total. The molecule has 0 bridgehead atoms. The number of nitro groups is 1. The van der Waals surface area contributed by atoms with Crippen molar-refractivity contribution in [1.29, 1.82) is 0 Å². The highest BCUT2D eigenvalue weighted by atomic mass is 35.5. The zero-order chi connectivity index (χ0) is 23.1. The number of aromatic nitrogens is 4. The molecule has 12 heteroatoms. The molecule has 1 aromatic carbocycles. The smallest absolute Gasteiger partial charge is 0.270 e. The average Bonchev–Trinajstić information content (AvgIpc) is 3.54. The molecule has 1 aliphatic rings. The number of non-ortho nitro benzene ring substituents is 1. The largest absolute Gasteiger partial charge is 0.463 e. The minimum absolute atomic E-state index is 0.0412. The third-order valence-electron chi connectivity index (χ3n) is 5.26. The molecule has 4 aromatic rings. The lowest BCUT2D eigenvalue weighted by Crippen LogP contribution is -2.21. The van der Waals surface area contributed by atoms with Crippen LogP contribution in [0.5, 0.6) is 0 Å². The molecule has 0 unspecified atom stereocenters. The summed E-state index contributed by atoms with van der Waals surface area (Å²) < 4.78 is 6.67. The van der Waals surface area contributed by atoms with Crippen LogP contribution in [0.2, 0.25) is 5.02 Å². The molecule has 0 saturated heterocycles. The van der Waals surface area contributed by atoms with Crippen LogP contribution in [0.4, 0.5) is 11.5 Å². The van der Waals surface area contributed by atoms with Crippen LogP contribution in [0, 0.1) is 10.1 Å². The van der Waals surface area contributed by atoms with E-state index in [2.05, 4.69) is 20.4 Å². The Morgan fingerprint density at radius 2 is 2.12 bits per heavy atom. The Morgan fingerprint density at radius 1 is 1.27 bits per heavy atom. The van der Waals surface area contributed by atoms with Gasteiger partial charge in [-0.2, -0.15) is 9.78 Å². The summed E-state index contributed by atoms with van der Waals surface area (Å²) in [6.45, 7) is 0. The Hall–Kier alpha value is -4.25. The number of H-pyrrole nitrogens is 1. The number of nitro benzene ring substituents is 1. The van der Waals surface area contributed by atoms with Gasteiger partial charge in [0, 0.05) is 23.8 Å². The van der Waals surface area contributed by atoms with Crippen molar-refractivity contribution in [2.45, 2.75) is 19.3 Å². The van der Waals surface area contributed by atoms with Crippen LogP contribution in [0.15, 0.2) is 51.9 Å². The molecule has 3 aromatic heterocycles. The summed E-state index contributed by atoms with van der Waals surface area (Å²) in [5.74, 6) is 0.0226. The van der Waals surface area contributed by atoms with Crippen LogP contribution >= 0.6 is 11.6 Å². The van der Waals surface area contributed by atoms with Gasteiger partial charge in [0.05, 0.1) is 27.5 Å². The van der Waals surface area contributed by atoms with E-state index in [9.17, 15) is 19.7 Å². The number of furan rings is 1. The van der Waals surface area contributed by atoms with E-state index in [1.165, 1.54) is 29.1 Å². The molecule has 1 aliphatic carbocycles. The van der Waals surface area contributed by atoms with E-state index in [4.69, 9.17) is 16.0 Å². The van der Waals surface area contributed by atoms with E-state index in [1.54, 1.807) is 12.1 Å². The summed E-state index contributed by atoms with van der Waals surface area (Å²) >= 11 is 6.11. The number of anilines is 1. The van der Waals surface area contributed by atoms with Crippen molar-refractivity contribution in [3.8, 4) is 17.4 Å². The molecule has 0 spiro atoms. The Balaban J connectivity index is 1.58. The molecule has 1 amide bonds. The molecule has 0 fully saturated rings. The van der Waals surface area contributed by atoms with Crippen molar-refractivity contribution >= 4 is 29.0 Å². The van der Waals surface area contributed by atoms with Crippen LogP contribution < -0.4 is 10.9 Å². The fourth-order valence-electron chi connectivity index (χ4n) is 3.69. The van der Waals surface area contributed by atoms with Crippen LogP contribution in [0.25, 0.3) is 17.4 Å². The lowest BCUT2D eigenvalue weighted by molar-refractivity contribution is -0.384. The molecule has 3 heterocycles. The van der Waals surface area contributed by atoms with Crippen molar-refractivity contribution in [3.63, 3.8) is 0 Å². The van der Waals surface area contributed by atoms with Gasteiger partial charge in [-0.1, -0.05) is 11.6 Å². The number of carbonyl (C=O) groups is 1. The van der Waals surface area contributed by atoms with E-state index in [1.807, 2.05) is 0 Å².